The Morgan fingerprint density at radius 2 is 1.81 bits per heavy atom. The topological polar surface area (TPSA) is 47.7 Å². The van der Waals surface area contributed by atoms with Gasteiger partial charge in [-0.25, -0.2) is 0 Å². The molecule has 4 nitrogen and oxygen atoms in total. The molecule has 118 valence electrons. The minimum atomic E-state index is -0.296. The average Bonchev–Trinajstić information content (AvgIpc) is 2.56. The summed E-state index contributed by atoms with van der Waals surface area (Å²) in [5.74, 6) is 1.13. The lowest BCUT2D eigenvalue weighted by Gasteiger charge is -2.32. The molecule has 1 fully saturated rings. The molecule has 1 aliphatic rings. The Bertz CT molecular complexity index is 499. The third-order valence-electron chi connectivity index (χ3n) is 4.62. The zero-order chi connectivity index (χ0) is 15.8. The summed E-state index contributed by atoms with van der Waals surface area (Å²) >= 11 is 0. The Labute approximate surface area is 128 Å². The second kappa shape index (κ2) is 5.50. The summed E-state index contributed by atoms with van der Waals surface area (Å²) in [4.78, 5) is 2.20. The summed E-state index contributed by atoms with van der Waals surface area (Å²) in [5.41, 5.74) is 6.99. The van der Waals surface area contributed by atoms with Gasteiger partial charge in [-0.2, -0.15) is 0 Å². The maximum Gasteiger partial charge on any atom is 0.142 e. The highest BCUT2D eigenvalue weighted by Gasteiger charge is 2.52. The molecule has 0 bridgehead atoms. The summed E-state index contributed by atoms with van der Waals surface area (Å²) in [7, 11) is 3.77. The molecule has 1 aromatic rings. The molecule has 21 heavy (non-hydrogen) atoms. The van der Waals surface area contributed by atoms with Gasteiger partial charge in [0.05, 0.1) is 24.0 Å². The van der Waals surface area contributed by atoms with Crippen molar-refractivity contribution in [1.29, 1.82) is 0 Å². The maximum atomic E-state index is 6.45. The largest absolute Gasteiger partial charge is 0.495 e. The van der Waals surface area contributed by atoms with Crippen molar-refractivity contribution in [3.05, 3.63) is 24.3 Å². The Hall–Kier alpha value is -1.26. The van der Waals surface area contributed by atoms with E-state index < -0.39 is 0 Å². The smallest absolute Gasteiger partial charge is 0.142 e. The van der Waals surface area contributed by atoms with Crippen LogP contribution in [0.5, 0.6) is 5.75 Å². The molecule has 1 heterocycles. The molecule has 0 aromatic heterocycles. The van der Waals surface area contributed by atoms with Crippen LogP contribution in [0.15, 0.2) is 24.3 Å². The van der Waals surface area contributed by atoms with E-state index in [0.29, 0.717) is 0 Å². The lowest BCUT2D eigenvalue weighted by Crippen LogP contribution is -2.47. The van der Waals surface area contributed by atoms with Gasteiger partial charge in [0, 0.05) is 25.6 Å². The standard InChI is InChI=1S/C17H28N2O2/c1-16(2)12(15(18)17(3,4)21-16)11-19(5)13-9-7-8-10-14(13)20-6/h7-10,12,15H,11,18H2,1-6H3. The van der Waals surface area contributed by atoms with E-state index in [-0.39, 0.29) is 23.2 Å². The fraction of sp³-hybridized carbons (Fsp3) is 0.647. The van der Waals surface area contributed by atoms with E-state index in [1.165, 1.54) is 0 Å². The van der Waals surface area contributed by atoms with Gasteiger partial charge >= 0.3 is 0 Å². The van der Waals surface area contributed by atoms with Gasteiger partial charge in [0.1, 0.15) is 5.75 Å². The molecular weight excluding hydrogens is 264 g/mol. The van der Waals surface area contributed by atoms with Crippen LogP contribution in [0, 0.1) is 5.92 Å². The van der Waals surface area contributed by atoms with Gasteiger partial charge in [0.15, 0.2) is 0 Å². The van der Waals surface area contributed by atoms with Gasteiger partial charge in [-0.3, -0.25) is 0 Å². The molecule has 0 aliphatic carbocycles. The Balaban J connectivity index is 2.21. The van der Waals surface area contributed by atoms with Gasteiger partial charge in [-0.05, 0) is 39.8 Å². The molecule has 0 amide bonds. The summed E-state index contributed by atoms with van der Waals surface area (Å²) in [6.45, 7) is 9.23. The zero-order valence-corrected chi connectivity index (χ0v) is 14.0. The Morgan fingerprint density at radius 1 is 1.19 bits per heavy atom. The minimum Gasteiger partial charge on any atom is -0.495 e. The normalized spacial score (nSPS) is 26.6. The van der Waals surface area contributed by atoms with Crippen LogP contribution in [0.25, 0.3) is 0 Å². The fourth-order valence-corrected chi connectivity index (χ4v) is 3.41. The molecule has 0 radical (unpaired) electrons. The number of hydrogen-bond donors (Lipinski definition) is 1. The lowest BCUT2D eigenvalue weighted by atomic mass is 9.82. The molecule has 4 heteroatoms. The highest BCUT2D eigenvalue weighted by molar-refractivity contribution is 5.58. The fourth-order valence-electron chi connectivity index (χ4n) is 3.41. The Morgan fingerprint density at radius 3 is 2.33 bits per heavy atom. The number of hydrogen-bond acceptors (Lipinski definition) is 4. The quantitative estimate of drug-likeness (QED) is 0.927. The number of anilines is 1. The molecule has 2 unspecified atom stereocenters. The van der Waals surface area contributed by atoms with E-state index in [4.69, 9.17) is 15.2 Å². The second-order valence-corrected chi connectivity index (χ2v) is 6.99. The van der Waals surface area contributed by atoms with Crippen LogP contribution in [0.2, 0.25) is 0 Å². The van der Waals surface area contributed by atoms with Crippen LogP contribution >= 0.6 is 0 Å². The van der Waals surface area contributed by atoms with Crippen LogP contribution in [0.3, 0.4) is 0 Å². The predicted molar refractivity (Wildman–Crippen MR) is 87.0 cm³/mol. The molecule has 1 saturated heterocycles. The number of ether oxygens (including phenoxy) is 2. The molecule has 2 rings (SSSR count). The van der Waals surface area contributed by atoms with E-state index in [0.717, 1.165) is 18.0 Å². The number of nitrogens with zero attached hydrogens (tertiary/aromatic N) is 1. The van der Waals surface area contributed by atoms with Crippen molar-refractivity contribution < 1.29 is 9.47 Å². The average molecular weight is 292 g/mol. The number of rotatable bonds is 4. The van der Waals surface area contributed by atoms with E-state index in [9.17, 15) is 0 Å². The van der Waals surface area contributed by atoms with E-state index in [1.807, 2.05) is 18.2 Å². The molecular formula is C17H28N2O2. The molecule has 1 aliphatic heterocycles. The minimum absolute atomic E-state index is 0.00431. The molecule has 0 saturated carbocycles. The molecule has 2 N–H and O–H groups in total. The summed E-state index contributed by atoms with van der Waals surface area (Å²) in [5, 5.41) is 0. The van der Waals surface area contributed by atoms with Crippen LogP contribution < -0.4 is 15.4 Å². The number of nitrogens with two attached hydrogens (primary N) is 1. The van der Waals surface area contributed by atoms with Gasteiger partial charge in [-0.1, -0.05) is 12.1 Å². The van der Waals surface area contributed by atoms with E-state index >= 15 is 0 Å². The predicted octanol–water partition coefficient (Wildman–Crippen LogP) is 2.66. The zero-order valence-electron chi connectivity index (χ0n) is 14.0. The first-order chi connectivity index (χ1) is 9.69. The summed E-state index contributed by atoms with van der Waals surface area (Å²) in [6, 6.07) is 8.05. The van der Waals surface area contributed by atoms with E-state index in [2.05, 4.69) is 45.7 Å². The highest BCUT2D eigenvalue weighted by Crippen LogP contribution is 2.42. The van der Waals surface area contributed by atoms with Crippen molar-refractivity contribution >= 4 is 5.69 Å². The van der Waals surface area contributed by atoms with Crippen LogP contribution in [-0.2, 0) is 4.74 Å². The summed E-state index contributed by atoms with van der Waals surface area (Å²) < 4.78 is 11.6. The first-order valence-corrected chi connectivity index (χ1v) is 7.49. The van der Waals surface area contributed by atoms with Gasteiger partial charge in [-0.15, -0.1) is 0 Å². The van der Waals surface area contributed by atoms with Crippen molar-refractivity contribution in [3.63, 3.8) is 0 Å². The van der Waals surface area contributed by atoms with E-state index in [1.54, 1.807) is 7.11 Å². The van der Waals surface area contributed by atoms with Crippen molar-refractivity contribution in [1.82, 2.24) is 0 Å². The van der Waals surface area contributed by atoms with Gasteiger partial charge in [0.25, 0.3) is 0 Å². The number of methoxy groups -OCH3 is 1. The maximum absolute atomic E-state index is 6.45. The van der Waals surface area contributed by atoms with Crippen molar-refractivity contribution in [2.24, 2.45) is 11.7 Å². The van der Waals surface area contributed by atoms with Crippen LogP contribution in [0.1, 0.15) is 27.7 Å². The van der Waals surface area contributed by atoms with Crippen molar-refractivity contribution in [2.75, 3.05) is 25.6 Å². The third-order valence-corrected chi connectivity index (χ3v) is 4.62. The van der Waals surface area contributed by atoms with Crippen LogP contribution in [-0.4, -0.2) is 37.9 Å². The van der Waals surface area contributed by atoms with Crippen molar-refractivity contribution in [2.45, 2.75) is 44.9 Å². The Kier molecular flexibility index (Phi) is 4.22. The van der Waals surface area contributed by atoms with Crippen LogP contribution in [0.4, 0.5) is 5.69 Å². The number of benzene rings is 1. The SMILES string of the molecule is COc1ccccc1N(C)CC1C(N)C(C)(C)OC1(C)C. The first kappa shape index (κ1) is 16.1. The highest BCUT2D eigenvalue weighted by atomic mass is 16.5. The van der Waals surface area contributed by atoms with Crippen molar-refractivity contribution in [3.8, 4) is 5.75 Å². The summed E-state index contributed by atoms with van der Waals surface area (Å²) in [6.07, 6.45) is 0. The van der Waals surface area contributed by atoms with Gasteiger partial charge < -0.3 is 20.1 Å². The number of para-hydroxylation sites is 2. The lowest BCUT2D eigenvalue weighted by molar-refractivity contribution is -0.0756. The molecule has 2 atom stereocenters. The first-order valence-electron chi connectivity index (χ1n) is 7.49. The second-order valence-electron chi connectivity index (χ2n) is 6.99. The third kappa shape index (κ3) is 3.01. The monoisotopic (exact) mass is 292 g/mol. The molecule has 0 spiro atoms. The van der Waals surface area contributed by atoms with Gasteiger partial charge in [0.2, 0.25) is 0 Å². The molecule has 1 aromatic carbocycles.